The lowest BCUT2D eigenvalue weighted by Gasteiger charge is -2.35. The first-order valence-electron chi connectivity index (χ1n) is 10.5. The zero-order chi connectivity index (χ0) is 21.8. The van der Waals surface area contributed by atoms with Crippen molar-refractivity contribution in [3.63, 3.8) is 0 Å². The quantitative estimate of drug-likeness (QED) is 0.591. The number of amides is 1. The molecule has 3 aromatic carbocycles. The van der Waals surface area contributed by atoms with Crippen LogP contribution in [0.5, 0.6) is 5.75 Å². The Morgan fingerprint density at radius 3 is 2.23 bits per heavy atom. The Bertz CT molecular complexity index is 1160. The number of ether oxygens (including phenoxy) is 1. The van der Waals surface area contributed by atoms with Gasteiger partial charge in [-0.15, -0.1) is 0 Å². The first-order chi connectivity index (χ1) is 15.0. The van der Waals surface area contributed by atoms with Gasteiger partial charge in [-0.3, -0.25) is 4.79 Å². The molecule has 4 rings (SSSR count). The summed E-state index contributed by atoms with van der Waals surface area (Å²) in [5, 5.41) is 2.17. The molecule has 0 saturated carbocycles. The third kappa shape index (κ3) is 4.57. The maximum absolute atomic E-state index is 13.1. The van der Waals surface area contributed by atoms with Gasteiger partial charge in [0.15, 0.2) is 6.10 Å². The fourth-order valence-corrected chi connectivity index (χ4v) is 5.25. The number of carbonyl (C=O) groups is 1. The van der Waals surface area contributed by atoms with Gasteiger partial charge in [0.25, 0.3) is 5.91 Å². The molecule has 1 saturated heterocycles. The van der Waals surface area contributed by atoms with E-state index in [0.717, 1.165) is 10.8 Å². The van der Waals surface area contributed by atoms with Gasteiger partial charge in [-0.1, -0.05) is 55.5 Å². The van der Waals surface area contributed by atoms with Gasteiger partial charge in [0.05, 0.1) is 4.90 Å². The molecule has 3 aromatic rings. The number of piperazine rings is 1. The first kappa shape index (κ1) is 21.3. The number of carbonyl (C=O) groups excluding carboxylic acids is 1. The average molecular weight is 439 g/mol. The van der Waals surface area contributed by atoms with Crippen LogP contribution in [0, 0.1) is 0 Å². The van der Waals surface area contributed by atoms with Gasteiger partial charge in [0.2, 0.25) is 10.0 Å². The van der Waals surface area contributed by atoms with Crippen LogP contribution in [-0.2, 0) is 14.8 Å². The van der Waals surface area contributed by atoms with Gasteiger partial charge in [-0.05, 0) is 41.5 Å². The summed E-state index contributed by atoms with van der Waals surface area (Å²) in [5.74, 6) is 0.552. The van der Waals surface area contributed by atoms with E-state index in [1.807, 2.05) is 49.4 Å². The van der Waals surface area contributed by atoms with Crippen LogP contribution < -0.4 is 4.74 Å². The highest BCUT2D eigenvalue weighted by Gasteiger charge is 2.32. The summed E-state index contributed by atoms with van der Waals surface area (Å²) >= 11 is 0. The highest BCUT2D eigenvalue weighted by atomic mass is 32.2. The van der Waals surface area contributed by atoms with E-state index in [1.165, 1.54) is 4.31 Å². The second-order valence-corrected chi connectivity index (χ2v) is 9.50. The van der Waals surface area contributed by atoms with E-state index in [0.29, 0.717) is 25.3 Å². The van der Waals surface area contributed by atoms with E-state index >= 15 is 0 Å². The summed E-state index contributed by atoms with van der Waals surface area (Å²) in [6.45, 7) is 3.16. The van der Waals surface area contributed by atoms with E-state index in [9.17, 15) is 13.2 Å². The molecule has 1 fully saturated rings. The van der Waals surface area contributed by atoms with Crippen LogP contribution in [0.3, 0.4) is 0 Å². The molecule has 1 atom stereocenters. The highest BCUT2D eigenvalue weighted by molar-refractivity contribution is 7.89. The fourth-order valence-electron chi connectivity index (χ4n) is 3.81. The van der Waals surface area contributed by atoms with E-state index in [-0.39, 0.29) is 23.9 Å². The highest BCUT2D eigenvalue weighted by Crippen LogP contribution is 2.23. The molecule has 1 amide bonds. The molecule has 162 valence electrons. The van der Waals surface area contributed by atoms with Crippen molar-refractivity contribution in [3.05, 3.63) is 72.8 Å². The Balaban J connectivity index is 1.40. The zero-order valence-electron chi connectivity index (χ0n) is 17.5. The predicted octanol–water partition coefficient (Wildman–Crippen LogP) is 3.53. The Hall–Kier alpha value is -2.90. The van der Waals surface area contributed by atoms with Crippen molar-refractivity contribution < 1.29 is 17.9 Å². The molecule has 0 radical (unpaired) electrons. The van der Waals surface area contributed by atoms with Gasteiger partial charge >= 0.3 is 0 Å². The molecule has 6 nitrogen and oxygen atoms in total. The standard InChI is InChI=1S/C24H26N2O4S/c1-2-23(30-21-13-12-19-8-6-7-9-20(19)18-21)24(27)25-14-16-26(17-15-25)31(28,29)22-10-4-3-5-11-22/h3-13,18,23H,2,14-17H2,1H3/t23-/m1/s1. The van der Waals surface area contributed by atoms with Crippen molar-refractivity contribution in [2.24, 2.45) is 0 Å². The molecule has 0 unspecified atom stereocenters. The number of fused-ring (bicyclic) bond motifs is 1. The Morgan fingerprint density at radius 2 is 1.55 bits per heavy atom. The third-order valence-electron chi connectivity index (χ3n) is 5.58. The number of benzene rings is 3. The van der Waals surface area contributed by atoms with Gasteiger partial charge in [0, 0.05) is 26.2 Å². The van der Waals surface area contributed by atoms with Gasteiger partial charge in [0.1, 0.15) is 5.75 Å². The summed E-state index contributed by atoms with van der Waals surface area (Å²) in [5.41, 5.74) is 0. The lowest BCUT2D eigenvalue weighted by molar-refractivity contribution is -0.140. The topological polar surface area (TPSA) is 66.9 Å². The Kier molecular flexibility index (Phi) is 6.25. The minimum atomic E-state index is -3.54. The lowest BCUT2D eigenvalue weighted by Crippen LogP contribution is -2.53. The lowest BCUT2D eigenvalue weighted by atomic mass is 10.1. The number of hydrogen-bond donors (Lipinski definition) is 0. The fraction of sp³-hybridized carbons (Fsp3) is 0.292. The summed E-state index contributed by atoms with van der Waals surface area (Å²) in [6.07, 6.45) is -0.0628. The predicted molar refractivity (Wildman–Crippen MR) is 120 cm³/mol. The first-order valence-corrected chi connectivity index (χ1v) is 11.9. The van der Waals surface area contributed by atoms with Crippen LogP contribution in [0.1, 0.15) is 13.3 Å². The molecule has 0 aliphatic carbocycles. The molecule has 0 spiro atoms. The molecule has 1 heterocycles. The molecule has 0 aromatic heterocycles. The van der Waals surface area contributed by atoms with Crippen molar-refractivity contribution >= 4 is 26.7 Å². The third-order valence-corrected chi connectivity index (χ3v) is 7.49. The SMILES string of the molecule is CC[C@@H](Oc1ccc2ccccc2c1)C(=O)N1CCN(S(=O)(=O)c2ccccc2)CC1. The number of rotatable bonds is 6. The van der Waals surface area contributed by atoms with Crippen molar-refractivity contribution in [2.75, 3.05) is 26.2 Å². The summed E-state index contributed by atoms with van der Waals surface area (Å²) < 4.78 is 33.1. The van der Waals surface area contributed by atoms with Crippen LogP contribution in [0.2, 0.25) is 0 Å². The minimum absolute atomic E-state index is 0.104. The van der Waals surface area contributed by atoms with Crippen molar-refractivity contribution in [1.82, 2.24) is 9.21 Å². The van der Waals surface area contributed by atoms with Crippen LogP contribution in [-0.4, -0.2) is 55.8 Å². The van der Waals surface area contributed by atoms with E-state index in [2.05, 4.69) is 0 Å². The summed E-state index contributed by atoms with van der Waals surface area (Å²) in [4.78, 5) is 15.0. The van der Waals surface area contributed by atoms with Crippen LogP contribution in [0.4, 0.5) is 0 Å². The Morgan fingerprint density at radius 1 is 0.903 bits per heavy atom. The maximum Gasteiger partial charge on any atom is 0.263 e. The van der Waals surface area contributed by atoms with E-state index < -0.39 is 16.1 Å². The van der Waals surface area contributed by atoms with Gasteiger partial charge in [-0.25, -0.2) is 8.42 Å². The molecular formula is C24H26N2O4S. The van der Waals surface area contributed by atoms with Crippen LogP contribution in [0.15, 0.2) is 77.7 Å². The molecule has 0 bridgehead atoms. The van der Waals surface area contributed by atoms with E-state index in [1.54, 1.807) is 35.2 Å². The number of sulfonamides is 1. The Labute approximate surface area is 183 Å². The second kappa shape index (κ2) is 9.08. The minimum Gasteiger partial charge on any atom is -0.481 e. The van der Waals surface area contributed by atoms with Gasteiger partial charge in [-0.2, -0.15) is 4.31 Å². The molecule has 7 heteroatoms. The smallest absolute Gasteiger partial charge is 0.263 e. The normalized spacial score (nSPS) is 16.2. The summed E-state index contributed by atoms with van der Waals surface area (Å²) in [7, 11) is -3.54. The zero-order valence-corrected chi connectivity index (χ0v) is 18.3. The molecule has 0 N–H and O–H groups in total. The average Bonchev–Trinajstić information content (AvgIpc) is 2.82. The molecular weight excluding hydrogens is 412 g/mol. The van der Waals surface area contributed by atoms with Crippen LogP contribution in [0.25, 0.3) is 10.8 Å². The largest absolute Gasteiger partial charge is 0.481 e. The van der Waals surface area contributed by atoms with E-state index in [4.69, 9.17) is 4.74 Å². The van der Waals surface area contributed by atoms with Crippen molar-refractivity contribution in [2.45, 2.75) is 24.3 Å². The number of hydrogen-bond acceptors (Lipinski definition) is 4. The van der Waals surface area contributed by atoms with Crippen molar-refractivity contribution in [3.8, 4) is 5.75 Å². The number of nitrogens with zero attached hydrogens (tertiary/aromatic N) is 2. The maximum atomic E-state index is 13.1. The van der Waals surface area contributed by atoms with Gasteiger partial charge < -0.3 is 9.64 Å². The summed E-state index contributed by atoms with van der Waals surface area (Å²) in [6, 6.07) is 22.2. The molecule has 1 aliphatic heterocycles. The monoisotopic (exact) mass is 438 g/mol. The van der Waals surface area contributed by atoms with Crippen LogP contribution >= 0.6 is 0 Å². The van der Waals surface area contributed by atoms with Crippen molar-refractivity contribution in [1.29, 1.82) is 0 Å². The molecule has 1 aliphatic rings. The molecule has 31 heavy (non-hydrogen) atoms. The second-order valence-electron chi connectivity index (χ2n) is 7.57.